The molecule has 7 rings (SSSR count). The van der Waals surface area contributed by atoms with Gasteiger partial charge in [-0.05, 0) is 72.6 Å². The lowest BCUT2D eigenvalue weighted by atomic mass is 10.0. The molecule has 7 N–H and O–H groups in total. The number of pyridine rings is 2. The number of methoxy groups -OCH3 is 1. The fraction of sp³-hybridized carbons (Fsp3) is 0.238. The number of aromatic nitrogens is 2. The third-order valence-corrected chi connectivity index (χ3v) is 12.0. The average molecular weight is 806 g/mol. The number of carbonyl (C=O) groups is 2. The molecule has 1 fully saturated rings. The number of aryl methyl sites for hydroxylation is 1. The Kier molecular flexibility index (Phi) is 11.4. The van der Waals surface area contributed by atoms with E-state index in [0.717, 1.165) is 0 Å². The van der Waals surface area contributed by atoms with Gasteiger partial charge in [-0.15, -0.1) is 0 Å². The second kappa shape index (κ2) is 16.6. The molecule has 0 radical (unpaired) electrons. The minimum absolute atomic E-state index is 0.0401. The molecule has 2 aromatic heterocycles. The van der Waals surface area contributed by atoms with E-state index < -0.39 is 21.8 Å². The molecule has 0 spiro atoms. The van der Waals surface area contributed by atoms with Crippen LogP contribution < -0.4 is 26.7 Å². The van der Waals surface area contributed by atoms with Crippen molar-refractivity contribution in [1.82, 2.24) is 25.1 Å². The van der Waals surface area contributed by atoms with Crippen LogP contribution in [0, 0.1) is 6.92 Å². The van der Waals surface area contributed by atoms with Gasteiger partial charge in [0.25, 0.3) is 11.8 Å². The van der Waals surface area contributed by atoms with Crippen LogP contribution in [0.5, 0.6) is 11.5 Å². The van der Waals surface area contributed by atoms with E-state index >= 15 is 0 Å². The summed E-state index contributed by atoms with van der Waals surface area (Å²) in [5.41, 5.74) is 8.47. The zero-order valence-electron chi connectivity index (χ0n) is 31.9. The lowest BCUT2D eigenvalue weighted by Crippen LogP contribution is -2.50. The first-order valence-corrected chi connectivity index (χ1v) is 20.1. The van der Waals surface area contributed by atoms with E-state index in [2.05, 4.69) is 25.5 Å². The van der Waals surface area contributed by atoms with Gasteiger partial charge >= 0.3 is 0 Å². The largest absolute Gasteiger partial charge is 0.506 e. The number of aromatic hydroxyl groups is 1. The van der Waals surface area contributed by atoms with Crippen molar-refractivity contribution in [2.75, 3.05) is 58.2 Å². The number of aliphatic hydroxyl groups is 1. The number of hydrogen-bond donors (Lipinski definition) is 6. The first kappa shape index (κ1) is 39.9. The van der Waals surface area contributed by atoms with E-state index in [0.29, 0.717) is 83.8 Å². The summed E-state index contributed by atoms with van der Waals surface area (Å²) in [7, 11) is -2.62. The SMILES string of the molecule is COc1cccc(Nc2c(C(N)=O)cnc3c(C)cc(S(=O)(=O)c4cccc(C(=O)N5CCN(CCNC[C@H](O)c6ccc(O)c7[nH]c(=O)ccc67)CC5)c4)cc23)c1. The summed E-state index contributed by atoms with van der Waals surface area (Å²) in [6.45, 7) is 5.33. The Balaban J connectivity index is 1.01. The summed E-state index contributed by atoms with van der Waals surface area (Å²) in [5, 5.41) is 28.4. The molecule has 4 aromatic carbocycles. The summed E-state index contributed by atoms with van der Waals surface area (Å²) >= 11 is 0. The van der Waals surface area contributed by atoms with E-state index in [1.54, 1.807) is 60.4 Å². The molecule has 3 heterocycles. The number of H-pyrrole nitrogens is 1. The summed E-state index contributed by atoms with van der Waals surface area (Å²) < 4.78 is 33.7. The average Bonchev–Trinajstić information content (AvgIpc) is 3.22. The number of primary amides is 1. The first-order valence-electron chi connectivity index (χ1n) is 18.6. The molecule has 58 heavy (non-hydrogen) atoms. The minimum atomic E-state index is -4.15. The van der Waals surface area contributed by atoms with Crippen LogP contribution in [0.15, 0.2) is 106 Å². The number of rotatable bonds is 13. The maximum absolute atomic E-state index is 14.2. The Morgan fingerprint density at radius 1 is 0.966 bits per heavy atom. The molecule has 0 aliphatic carbocycles. The van der Waals surface area contributed by atoms with Crippen LogP contribution in [-0.4, -0.2) is 103 Å². The van der Waals surface area contributed by atoms with Crippen molar-refractivity contribution >= 4 is 54.8 Å². The lowest BCUT2D eigenvalue weighted by molar-refractivity contribution is 0.0636. The van der Waals surface area contributed by atoms with Crippen molar-refractivity contribution in [2.24, 2.45) is 5.73 Å². The van der Waals surface area contributed by atoms with Crippen molar-refractivity contribution in [1.29, 1.82) is 0 Å². The van der Waals surface area contributed by atoms with Crippen LogP contribution >= 0.6 is 0 Å². The third-order valence-electron chi connectivity index (χ3n) is 10.3. The van der Waals surface area contributed by atoms with E-state index in [4.69, 9.17) is 10.5 Å². The second-order valence-electron chi connectivity index (χ2n) is 14.1. The summed E-state index contributed by atoms with van der Waals surface area (Å²) in [5.74, 6) is -0.525. The standard InChI is InChI=1S/C42H43N7O8S/c1-25-19-30(22-33-38(25)45-23-34(41(43)53)39(33)46-27-6-4-7-28(21-27)57-2)58(55,56)29-8-3-5-26(20-29)42(54)49-17-15-48(16-18-49)14-13-44-24-36(51)31-9-11-35(50)40-32(31)10-12-37(52)47-40/h3-12,19-23,36,44,50-51H,13-18,24H2,1-2H3,(H2,43,53)(H,45,46)(H,47,52)/t36-/m0/s1. The number of hydrogen-bond acceptors (Lipinski definition) is 12. The predicted molar refractivity (Wildman–Crippen MR) is 220 cm³/mol. The molecule has 0 unspecified atom stereocenters. The van der Waals surface area contributed by atoms with Gasteiger partial charge in [-0.1, -0.05) is 18.2 Å². The van der Waals surface area contributed by atoms with Crippen LogP contribution in [0.25, 0.3) is 21.8 Å². The number of piperazine rings is 1. The van der Waals surface area contributed by atoms with E-state index in [9.17, 15) is 33.0 Å². The molecule has 2 amide bonds. The highest BCUT2D eigenvalue weighted by atomic mass is 32.2. The van der Waals surface area contributed by atoms with Crippen molar-refractivity contribution in [3.05, 3.63) is 124 Å². The number of phenols is 1. The van der Waals surface area contributed by atoms with Gasteiger partial charge in [-0.3, -0.25) is 24.3 Å². The Morgan fingerprint density at radius 3 is 2.50 bits per heavy atom. The number of nitrogens with one attached hydrogen (secondary N) is 3. The number of anilines is 2. The maximum atomic E-state index is 14.2. The smallest absolute Gasteiger partial charge is 0.253 e. The molecule has 1 aliphatic rings. The van der Waals surface area contributed by atoms with Crippen LogP contribution in [0.2, 0.25) is 0 Å². The number of nitrogens with zero attached hydrogens (tertiary/aromatic N) is 3. The number of amides is 2. The number of fused-ring (bicyclic) bond motifs is 2. The lowest BCUT2D eigenvalue weighted by Gasteiger charge is -2.35. The summed E-state index contributed by atoms with van der Waals surface area (Å²) in [6.07, 6.45) is 0.486. The van der Waals surface area contributed by atoms with E-state index in [1.165, 1.54) is 49.7 Å². The van der Waals surface area contributed by atoms with Crippen molar-refractivity contribution in [3.63, 3.8) is 0 Å². The number of carbonyl (C=O) groups excluding carboxylic acids is 2. The third kappa shape index (κ3) is 8.22. The molecule has 1 atom stereocenters. The van der Waals surface area contributed by atoms with Crippen molar-refractivity contribution < 1.29 is 33.0 Å². The topological polar surface area (TPSA) is 220 Å². The fourth-order valence-corrected chi connectivity index (χ4v) is 8.61. The molecule has 0 saturated carbocycles. The van der Waals surface area contributed by atoms with Crippen LogP contribution in [0.1, 0.15) is 37.9 Å². The number of aromatic amines is 1. The Hall–Kier alpha value is -6.33. The van der Waals surface area contributed by atoms with Gasteiger partial charge in [0.2, 0.25) is 15.4 Å². The van der Waals surface area contributed by atoms with Crippen molar-refractivity contribution in [3.8, 4) is 11.5 Å². The van der Waals surface area contributed by atoms with Gasteiger partial charge < -0.3 is 41.2 Å². The van der Waals surface area contributed by atoms with E-state index in [1.807, 2.05) is 0 Å². The van der Waals surface area contributed by atoms with Gasteiger partial charge in [0, 0.05) is 86.2 Å². The Labute approximate surface area is 334 Å². The zero-order valence-corrected chi connectivity index (χ0v) is 32.7. The molecule has 15 nitrogen and oxygen atoms in total. The van der Waals surface area contributed by atoms with Gasteiger partial charge in [-0.2, -0.15) is 0 Å². The van der Waals surface area contributed by atoms with Crippen LogP contribution in [0.4, 0.5) is 11.4 Å². The van der Waals surface area contributed by atoms with Gasteiger partial charge in [0.1, 0.15) is 11.5 Å². The number of nitrogens with two attached hydrogens (primary N) is 1. The molecule has 0 bridgehead atoms. The predicted octanol–water partition coefficient (Wildman–Crippen LogP) is 3.86. The number of sulfone groups is 1. The van der Waals surface area contributed by atoms with Crippen molar-refractivity contribution in [2.45, 2.75) is 22.8 Å². The Bertz CT molecular complexity index is 2710. The summed E-state index contributed by atoms with van der Waals surface area (Å²) in [6, 6.07) is 22.0. The minimum Gasteiger partial charge on any atom is -0.506 e. The van der Waals surface area contributed by atoms with Gasteiger partial charge in [0.15, 0.2) is 0 Å². The number of phenolic OH excluding ortho intramolecular Hbond substituents is 1. The van der Waals surface area contributed by atoms with Crippen LogP contribution in [-0.2, 0) is 9.84 Å². The molecular weight excluding hydrogens is 763 g/mol. The highest BCUT2D eigenvalue weighted by Crippen LogP contribution is 2.35. The zero-order chi connectivity index (χ0) is 41.1. The molecule has 300 valence electrons. The second-order valence-corrected chi connectivity index (χ2v) is 16.0. The monoisotopic (exact) mass is 805 g/mol. The molecule has 16 heteroatoms. The van der Waals surface area contributed by atoms with Gasteiger partial charge in [-0.25, -0.2) is 8.42 Å². The molecular formula is C42H43N7O8S. The van der Waals surface area contributed by atoms with Gasteiger partial charge in [0.05, 0.1) is 45.3 Å². The summed E-state index contributed by atoms with van der Waals surface area (Å²) in [4.78, 5) is 48.8. The normalized spacial score (nSPS) is 14.1. The van der Waals surface area contributed by atoms with Crippen LogP contribution in [0.3, 0.4) is 0 Å². The quantitative estimate of drug-likeness (QED) is 0.0917. The Morgan fingerprint density at radius 2 is 1.74 bits per heavy atom. The highest BCUT2D eigenvalue weighted by Gasteiger charge is 2.26. The number of benzene rings is 4. The molecule has 1 aliphatic heterocycles. The fourth-order valence-electron chi connectivity index (χ4n) is 7.19. The highest BCUT2D eigenvalue weighted by molar-refractivity contribution is 7.91. The molecule has 6 aromatic rings. The van der Waals surface area contributed by atoms with E-state index in [-0.39, 0.29) is 50.2 Å². The molecule has 1 saturated heterocycles. The number of aliphatic hydroxyl groups excluding tert-OH is 1. The number of ether oxygens (including phenoxy) is 1. The maximum Gasteiger partial charge on any atom is 0.253 e. The first-order chi connectivity index (χ1) is 27.8.